The summed E-state index contributed by atoms with van der Waals surface area (Å²) in [6.45, 7) is 11.9. The van der Waals surface area contributed by atoms with Crippen molar-refractivity contribution in [1.82, 2.24) is 4.31 Å². The molecule has 0 aromatic rings. The van der Waals surface area contributed by atoms with Crippen molar-refractivity contribution >= 4 is 10.0 Å². The molecule has 0 aliphatic carbocycles. The Bertz CT molecular complexity index is 319. The monoisotopic (exact) mass is 264 g/mol. The van der Waals surface area contributed by atoms with Gasteiger partial charge in [-0.15, -0.1) is 0 Å². The van der Waals surface area contributed by atoms with E-state index in [1.165, 1.54) is 0 Å². The highest BCUT2D eigenvalue weighted by Gasteiger charge is 2.44. The smallest absolute Gasteiger partial charge is 0.219 e. The van der Waals surface area contributed by atoms with E-state index in [9.17, 15) is 8.42 Å². The van der Waals surface area contributed by atoms with Gasteiger partial charge in [-0.3, -0.25) is 0 Å². The molecule has 0 aliphatic heterocycles. The van der Waals surface area contributed by atoms with Crippen LogP contribution < -0.4 is 5.73 Å². The van der Waals surface area contributed by atoms with Crippen molar-refractivity contribution in [2.24, 2.45) is 5.73 Å². The summed E-state index contributed by atoms with van der Waals surface area (Å²) >= 11 is 0. The van der Waals surface area contributed by atoms with E-state index in [4.69, 9.17) is 5.73 Å². The zero-order valence-corrected chi connectivity index (χ0v) is 12.9. The molecular formula is C12H28N2O2S. The van der Waals surface area contributed by atoms with Crippen molar-refractivity contribution < 1.29 is 8.42 Å². The molecule has 2 N–H and O–H groups in total. The molecule has 4 nitrogen and oxygen atoms in total. The average molecular weight is 264 g/mol. The molecule has 0 bridgehead atoms. The van der Waals surface area contributed by atoms with Crippen LogP contribution in [0.15, 0.2) is 0 Å². The topological polar surface area (TPSA) is 63.4 Å². The van der Waals surface area contributed by atoms with Gasteiger partial charge in [0.25, 0.3) is 0 Å². The molecule has 0 aliphatic rings. The standard InChI is InChI=1S/C12H28N2O2S/c1-7-12(8-2,10-13)14(9-3)17(15,16)11(4,5)6/h7-10,13H2,1-6H3. The molecule has 5 heteroatoms. The summed E-state index contributed by atoms with van der Waals surface area (Å²) in [5.41, 5.74) is 5.40. The van der Waals surface area contributed by atoms with Gasteiger partial charge in [-0.25, -0.2) is 8.42 Å². The largest absolute Gasteiger partial charge is 0.329 e. The van der Waals surface area contributed by atoms with Gasteiger partial charge >= 0.3 is 0 Å². The highest BCUT2D eigenvalue weighted by atomic mass is 32.2. The van der Waals surface area contributed by atoms with Crippen molar-refractivity contribution in [3.8, 4) is 0 Å². The van der Waals surface area contributed by atoms with Gasteiger partial charge < -0.3 is 5.73 Å². The second kappa shape index (κ2) is 5.67. The summed E-state index contributed by atoms with van der Waals surface area (Å²) in [6.07, 6.45) is 1.48. The molecule has 0 spiro atoms. The maximum Gasteiger partial charge on any atom is 0.219 e. The SMILES string of the molecule is CCN(C(CC)(CC)CN)S(=O)(=O)C(C)(C)C. The molecule has 0 fully saturated rings. The van der Waals surface area contributed by atoms with Crippen LogP contribution in [0.3, 0.4) is 0 Å². The van der Waals surface area contributed by atoms with Crippen LogP contribution in [0.5, 0.6) is 0 Å². The Morgan fingerprint density at radius 3 is 1.65 bits per heavy atom. The molecule has 104 valence electrons. The van der Waals surface area contributed by atoms with Gasteiger partial charge in [0.15, 0.2) is 0 Å². The summed E-state index contributed by atoms with van der Waals surface area (Å²) in [7, 11) is -3.33. The molecular weight excluding hydrogens is 236 g/mol. The number of rotatable bonds is 6. The highest BCUT2D eigenvalue weighted by Crippen LogP contribution is 2.31. The fourth-order valence-electron chi connectivity index (χ4n) is 2.08. The van der Waals surface area contributed by atoms with Gasteiger partial charge in [0.1, 0.15) is 0 Å². The third-order valence-corrected chi connectivity index (χ3v) is 6.35. The molecule has 0 unspecified atom stereocenters. The maximum absolute atomic E-state index is 12.6. The molecule has 0 heterocycles. The van der Waals surface area contributed by atoms with Gasteiger partial charge in [0.05, 0.1) is 4.75 Å². The Labute approximate surface area is 107 Å². The lowest BCUT2D eigenvalue weighted by Crippen LogP contribution is -2.59. The van der Waals surface area contributed by atoms with Crippen LogP contribution in [0.25, 0.3) is 0 Å². The van der Waals surface area contributed by atoms with E-state index in [1.807, 2.05) is 20.8 Å². The fraction of sp³-hybridized carbons (Fsp3) is 1.00. The van der Waals surface area contributed by atoms with Crippen molar-refractivity contribution in [2.45, 2.75) is 64.7 Å². The number of likely N-dealkylation sites (N-methyl/N-ethyl adjacent to an activating group) is 1. The first kappa shape index (κ1) is 16.9. The molecule has 0 rings (SSSR count). The second-order valence-corrected chi connectivity index (χ2v) is 8.03. The minimum Gasteiger partial charge on any atom is -0.329 e. The van der Waals surface area contributed by atoms with Crippen LogP contribution in [0, 0.1) is 0 Å². The second-order valence-electron chi connectivity index (χ2n) is 5.42. The molecule has 0 saturated heterocycles. The van der Waals surface area contributed by atoms with Gasteiger partial charge in [0.2, 0.25) is 10.0 Å². The molecule has 0 radical (unpaired) electrons. The van der Waals surface area contributed by atoms with Gasteiger partial charge in [-0.1, -0.05) is 20.8 Å². The number of hydrogen-bond donors (Lipinski definition) is 1. The number of nitrogens with two attached hydrogens (primary N) is 1. The molecule has 0 aromatic carbocycles. The Morgan fingerprint density at radius 1 is 1.06 bits per heavy atom. The van der Waals surface area contributed by atoms with Crippen LogP contribution in [0.1, 0.15) is 54.4 Å². The molecule has 0 saturated carbocycles. The Hall–Kier alpha value is -0.130. The number of hydrogen-bond acceptors (Lipinski definition) is 3. The zero-order chi connectivity index (χ0) is 13.9. The first-order chi connectivity index (χ1) is 7.62. The molecule has 0 aromatic heterocycles. The predicted octanol–water partition coefficient (Wildman–Crippen LogP) is 1.95. The molecule has 0 atom stereocenters. The predicted molar refractivity (Wildman–Crippen MR) is 73.4 cm³/mol. The third-order valence-electron chi connectivity index (χ3n) is 3.58. The van der Waals surface area contributed by atoms with Gasteiger partial charge in [-0.05, 0) is 33.6 Å². The van der Waals surface area contributed by atoms with Crippen molar-refractivity contribution in [1.29, 1.82) is 0 Å². The first-order valence-corrected chi connectivity index (χ1v) is 7.79. The Morgan fingerprint density at radius 2 is 1.47 bits per heavy atom. The van der Waals surface area contributed by atoms with E-state index in [0.29, 0.717) is 13.1 Å². The Balaban J connectivity index is 5.64. The summed E-state index contributed by atoms with van der Waals surface area (Å²) in [4.78, 5) is 0. The molecule has 17 heavy (non-hydrogen) atoms. The lowest BCUT2D eigenvalue weighted by atomic mass is 9.93. The lowest BCUT2D eigenvalue weighted by Gasteiger charge is -2.43. The van der Waals surface area contributed by atoms with E-state index in [0.717, 1.165) is 12.8 Å². The van der Waals surface area contributed by atoms with E-state index in [1.54, 1.807) is 25.1 Å². The van der Waals surface area contributed by atoms with Crippen LogP contribution in [0.2, 0.25) is 0 Å². The Kier molecular flexibility index (Phi) is 5.63. The number of nitrogens with zero attached hydrogens (tertiary/aromatic N) is 1. The lowest BCUT2D eigenvalue weighted by molar-refractivity contribution is 0.180. The highest BCUT2D eigenvalue weighted by molar-refractivity contribution is 7.90. The van der Waals surface area contributed by atoms with Gasteiger partial charge in [-0.2, -0.15) is 4.31 Å². The van der Waals surface area contributed by atoms with E-state index in [-0.39, 0.29) is 0 Å². The maximum atomic E-state index is 12.6. The number of sulfonamides is 1. The molecule has 0 amide bonds. The average Bonchev–Trinajstić information content (AvgIpc) is 2.24. The van der Waals surface area contributed by atoms with Crippen LogP contribution >= 0.6 is 0 Å². The fourth-order valence-corrected chi connectivity index (χ4v) is 3.93. The summed E-state index contributed by atoms with van der Waals surface area (Å²) in [6, 6.07) is 0. The van der Waals surface area contributed by atoms with Crippen molar-refractivity contribution in [3.63, 3.8) is 0 Å². The quantitative estimate of drug-likeness (QED) is 0.797. The minimum absolute atomic E-state index is 0.364. The van der Waals surface area contributed by atoms with Crippen LogP contribution in [-0.2, 0) is 10.0 Å². The van der Waals surface area contributed by atoms with Crippen molar-refractivity contribution in [3.05, 3.63) is 0 Å². The third kappa shape index (κ3) is 3.01. The summed E-state index contributed by atoms with van der Waals surface area (Å²) in [5.74, 6) is 0. The minimum atomic E-state index is -3.33. The van der Waals surface area contributed by atoms with Crippen LogP contribution in [0.4, 0.5) is 0 Å². The van der Waals surface area contributed by atoms with E-state index >= 15 is 0 Å². The van der Waals surface area contributed by atoms with Crippen LogP contribution in [-0.4, -0.2) is 36.1 Å². The summed E-state index contributed by atoms with van der Waals surface area (Å²) < 4.78 is 26.0. The van der Waals surface area contributed by atoms with E-state index < -0.39 is 20.3 Å². The normalized spacial score (nSPS) is 14.4. The van der Waals surface area contributed by atoms with Gasteiger partial charge in [0, 0.05) is 18.6 Å². The van der Waals surface area contributed by atoms with Crippen molar-refractivity contribution in [2.75, 3.05) is 13.1 Å². The first-order valence-electron chi connectivity index (χ1n) is 6.35. The summed E-state index contributed by atoms with van der Waals surface area (Å²) in [5, 5.41) is 0. The van der Waals surface area contributed by atoms with E-state index in [2.05, 4.69) is 0 Å². The zero-order valence-electron chi connectivity index (χ0n) is 12.1.